The molecule has 0 aromatic heterocycles. The zero-order chi connectivity index (χ0) is 16.6. The van der Waals surface area contributed by atoms with Crippen LogP contribution in [0.15, 0.2) is 11.6 Å². The van der Waals surface area contributed by atoms with Gasteiger partial charge in [-0.05, 0) is 60.8 Å². The number of rotatable bonds is 0. The number of hydrogen-bond donors (Lipinski definition) is 1. The lowest BCUT2D eigenvalue weighted by Crippen LogP contribution is -2.58. The molecule has 0 bridgehead atoms. The molecule has 7 atom stereocenters. The van der Waals surface area contributed by atoms with Crippen molar-refractivity contribution in [2.24, 2.45) is 34.5 Å². The second-order valence-corrected chi connectivity index (χ2v) is 9.07. The third kappa shape index (κ3) is 1.92. The molecule has 0 heterocycles. The SMILES string of the molecule is CC1CC2C3CCC(=O)C3(C)CC(O)C2C2(C)CCC(=O)C=C12. The molecule has 0 saturated heterocycles. The summed E-state index contributed by atoms with van der Waals surface area (Å²) in [6.45, 7) is 6.59. The van der Waals surface area contributed by atoms with Crippen LogP contribution in [0.4, 0.5) is 0 Å². The second kappa shape index (κ2) is 4.78. The summed E-state index contributed by atoms with van der Waals surface area (Å²) < 4.78 is 0. The first kappa shape index (κ1) is 15.6. The maximum atomic E-state index is 12.5. The third-order valence-corrected chi connectivity index (χ3v) is 7.92. The smallest absolute Gasteiger partial charge is 0.155 e. The summed E-state index contributed by atoms with van der Waals surface area (Å²) in [5, 5.41) is 11.0. The normalized spacial score (nSPS) is 52.5. The minimum atomic E-state index is -0.419. The zero-order valence-electron chi connectivity index (χ0n) is 14.5. The first-order valence-corrected chi connectivity index (χ1v) is 9.23. The van der Waals surface area contributed by atoms with Crippen LogP contribution in [0.1, 0.15) is 59.3 Å². The Balaban J connectivity index is 1.79. The number of allylic oxidation sites excluding steroid dienone is 1. The number of fused-ring (bicyclic) bond motifs is 5. The zero-order valence-corrected chi connectivity index (χ0v) is 14.5. The Bertz CT molecular complexity index is 606. The summed E-state index contributed by atoms with van der Waals surface area (Å²) >= 11 is 0. The van der Waals surface area contributed by atoms with Crippen molar-refractivity contribution < 1.29 is 14.7 Å². The van der Waals surface area contributed by atoms with Crippen LogP contribution in [-0.4, -0.2) is 22.8 Å². The highest BCUT2D eigenvalue weighted by atomic mass is 16.3. The van der Waals surface area contributed by atoms with E-state index in [1.54, 1.807) is 0 Å². The molecule has 3 heteroatoms. The van der Waals surface area contributed by atoms with Gasteiger partial charge in [0.25, 0.3) is 0 Å². The summed E-state index contributed by atoms with van der Waals surface area (Å²) in [5.41, 5.74) is 0.882. The average Bonchev–Trinajstić information content (AvgIpc) is 2.76. The molecule has 0 aliphatic heterocycles. The van der Waals surface area contributed by atoms with Gasteiger partial charge in [-0.3, -0.25) is 9.59 Å². The van der Waals surface area contributed by atoms with Crippen molar-refractivity contribution in [3.05, 3.63) is 11.6 Å². The Morgan fingerprint density at radius 1 is 1.17 bits per heavy atom. The standard InChI is InChI=1S/C20H28O3/c1-11-8-13-14-4-5-17(23)20(14,3)10-16(22)18(13)19(2)7-6-12(21)9-15(11)19/h9,11,13-14,16,18,22H,4-8,10H2,1-3H3. The van der Waals surface area contributed by atoms with E-state index in [0.29, 0.717) is 42.8 Å². The van der Waals surface area contributed by atoms with Gasteiger partial charge >= 0.3 is 0 Å². The van der Waals surface area contributed by atoms with Crippen molar-refractivity contribution in [2.75, 3.05) is 0 Å². The van der Waals surface area contributed by atoms with Crippen LogP contribution >= 0.6 is 0 Å². The van der Waals surface area contributed by atoms with Gasteiger partial charge in [0.05, 0.1) is 6.10 Å². The fourth-order valence-electron chi connectivity index (χ4n) is 6.89. The van der Waals surface area contributed by atoms with Crippen LogP contribution in [-0.2, 0) is 9.59 Å². The van der Waals surface area contributed by atoms with E-state index >= 15 is 0 Å². The number of aliphatic hydroxyl groups is 1. The number of carbonyl (C=O) groups is 2. The molecule has 7 unspecified atom stereocenters. The van der Waals surface area contributed by atoms with Crippen LogP contribution in [0.25, 0.3) is 0 Å². The molecule has 4 aliphatic carbocycles. The largest absolute Gasteiger partial charge is 0.393 e. The summed E-state index contributed by atoms with van der Waals surface area (Å²) in [5.74, 6) is 2.03. The van der Waals surface area contributed by atoms with Crippen LogP contribution in [0.5, 0.6) is 0 Å². The highest BCUT2D eigenvalue weighted by molar-refractivity contribution is 5.92. The Kier molecular flexibility index (Phi) is 3.23. The van der Waals surface area contributed by atoms with E-state index in [1.807, 2.05) is 6.08 Å². The Morgan fingerprint density at radius 2 is 1.91 bits per heavy atom. The Labute approximate surface area is 138 Å². The quantitative estimate of drug-likeness (QED) is 0.746. The molecule has 4 rings (SSSR count). The summed E-state index contributed by atoms with van der Waals surface area (Å²) in [6.07, 6.45) is 6.23. The van der Waals surface area contributed by atoms with Crippen molar-refractivity contribution in [1.29, 1.82) is 0 Å². The van der Waals surface area contributed by atoms with Gasteiger partial charge in [-0.2, -0.15) is 0 Å². The fraction of sp³-hybridized carbons (Fsp3) is 0.800. The molecule has 0 aromatic carbocycles. The first-order valence-electron chi connectivity index (χ1n) is 9.23. The van der Waals surface area contributed by atoms with Gasteiger partial charge in [0.15, 0.2) is 5.78 Å². The minimum Gasteiger partial charge on any atom is -0.393 e. The van der Waals surface area contributed by atoms with E-state index in [-0.39, 0.29) is 22.5 Å². The molecule has 23 heavy (non-hydrogen) atoms. The molecule has 4 aliphatic rings. The molecule has 3 saturated carbocycles. The minimum absolute atomic E-state index is 0.0668. The number of aliphatic hydroxyl groups excluding tert-OH is 1. The first-order chi connectivity index (χ1) is 10.8. The van der Waals surface area contributed by atoms with Crippen LogP contribution in [0.2, 0.25) is 0 Å². The average molecular weight is 316 g/mol. The monoisotopic (exact) mass is 316 g/mol. The van der Waals surface area contributed by atoms with E-state index < -0.39 is 6.10 Å². The van der Waals surface area contributed by atoms with Crippen LogP contribution in [0.3, 0.4) is 0 Å². The molecule has 0 spiro atoms. The molecular weight excluding hydrogens is 288 g/mol. The number of Topliss-reactive ketones (excluding diaryl/α,β-unsaturated/α-hetero) is 1. The number of carbonyl (C=O) groups excluding carboxylic acids is 2. The molecule has 3 fully saturated rings. The fourth-order valence-corrected chi connectivity index (χ4v) is 6.89. The van der Waals surface area contributed by atoms with Gasteiger partial charge in [0.1, 0.15) is 5.78 Å². The van der Waals surface area contributed by atoms with Crippen LogP contribution < -0.4 is 0 Å². The molecule has 0 radical (unpaired) electrons. The maximum Gasteiger partial charge on any atom is 0.155 e. The van der Waals surface area contributed by atoms with E-state index in [1.165, 1.54) is 5.57 Å². The van der Waals surface area contributed by atoms with Gasteiger partial charge in [0.2, 0.25) is 0 Å². The lowest BCUT2D eigenvalue weighted by molar-refractivity contribution is -0.149. The van der Waals surface area contributed by atoms with E-state index in [4.69, 9.17) is 0 Å². The second-order valence-electron chi connectivity index (χ2n) is 9.07. The van der Waals surface area contributed by atoms with E-state index in [2.05, 4.69) is 20.8 Å². The molecule has 3 nitrogen and oxygen atoms in total. The van der Waals surface area contributed by atoms with Gasteiger partial charge in [0, 0.05) is 18.3 Å². The van der Waals surface area contributed by atoms with Crippen LogP contribution in [0, 0.1) is 34.5 Å². The lowest BCUT2D eigenvalue weighted by atomic mass is 9.45. The third-order valence-electron chi connectivity index (χ3n) is 7.92. The number of hydrogen-bond acceptors (Lipinski definition) is 3. The van der Waals surface area contributed by atoms with Gasteiger partial charge in [-0.15, -0.1) is 0 Å². The van der Waals surface area contributed by atoms with Crippen molar-refractivity contribution in [3.63, 3.8) is 0 Å². The van der Waals surface area contributed by atoms with Gasteiger partial charge in [-0.25, -0.2) is 0 Å². The number of ketones is 2. The van der Waals surface area contributed by atoms with Gasteiger partial charge in [-0.1, -0.05) is 26.3 Å². The molecule has 126 valence electrons. The topological polar surface area (TPSA) is 54.4 Å². The summed E-state index contributed by atoms with van der Waals surface area (Å²) in [7, 11) is 0. The maximum absolute atomic E-state index is 12.5. The van der Waals surface area contributed by atoms with Crippen molar-refractivity contribution >= 4 is 11.6 Å². The predicted molar refractivity (Wildman–Crippen MR) is 87.7 cm³/mol. The predicted octanol–water partition coefficient (Wildman–Crippen LogP) is 3.30. The van der Waals surface area contributed by atoms with Crippen molar-refractivity contribution in [1.82, 2.24) is 0 Å². The Hall–Kier alpha value is -0.960. The van der Waals surface area contributed by atoms with Crippen molar-refractivity contribution in [2.45, 2.75) is 65.4 Å². The van der Waals surface area contributed by atoms with E-state index in [9.17, 15) is 14.7 Å². The van der Waals surface area contributed by atoms with E-state index in [0.717, 1.165) is 19.3 Å². The highest BCUT2D eigenvalue weighted by Gasteiger charge is 2.62. The van der Waals surface area contributed by atoms with Gasteiger partial charge < -0.3 is 5.11 Å². The van der Waals surface area contributed by atoms with Crippen molar-refractivity contribution in [3.8, 4) is 0 Å². The molecule has 0 aromatic rings. The molecular formula is C20H28O3. The summed E-state index contributed by atoms with van der Waals surface area (Å²) in [4.78, 5) is 24.4. The molecule has 0 amide bonds. The highest BCUT2D eigenvalue weighted by Crippen LogP contribution is 2.65. The molecule has 1 N–H and O–H groups in total. The lowest BCUT2D eigenvalue weighted by Gasteiger charge is -2.60. The Morgan fingerprint density at radius 3 is 2.65 bits per heavy atom. The summed E-state index contributed by atoms with van der Waals surface area (Å²) in [6, 6.07) is 0.